The zero-order valence-electron chi connectivity index (χ0n) is 11.3. The second-order valence-corrected chi connectivity index (χ2v) is 7.08. The number of benzene rings is 1. The zero-order chi connectivity index (χ0) is 14.3. The van der Waals surface area contributed by atoms with Crippen molar-refractivity contribution in [3.05, 3.63) is 28.7 Å². The van der Waals surface area contributed by atoms with Crippen molar-refractivity contribution in [1.82, 2.24) is 5.32 Å². The standard InChI is InChI=1S/C14H20BrNO2S/c1-14(2,10-17)16-13(18)4-3-9-19-12-7-5-11(15)6-8-12/h5-8,17H,3-4,9-10H2,1-2H3,(H,16,18). The Morgan fingerprint density at radius 1 is 1.37 bits per heavy atom. The molecule has 19 heavy (non-hydrogen) atoms. The third-order valence-electron chi connectivity index (χ3n) is 2.50. The number of carbonyl (C=O) groups excluding carboxylic acids is 1. The molecule has 106 valence electrons. The molecule has 1 aromatic rings. The molecule has 0 aromatic heterocycles. The lowest BCUT2D eigenvalue weighted by Crippen LogP contribution is -2.46. The maximum atomic E-state index is 11.6. The molecule has 0 atom stereocenters. The highest BCUT2D eigenvalue weighted by Crippen LogP contribution is 2.21. The number of amides is 1. The highest BCUT2D eigenvalue weighted by atomic mass is 79.9. The molecule has 0 aliphatic heterocycles. The lowest BCUT2D eigenvalue weighted by molar-refractivity contribution is -0.123. The summed E-state index contributed by atoms with van der Waals surface area (Å²) in [5, 5.41) is 11.9. The van der Waals surface area contributed by atoms with Gasteiger partial charge in [-0.2, -0.15) is 0 Å². The molecule has 0 unspecified atom stereocenters. The van der Waals surface area contributed by atoms with Crippen LogP contribution in [-0.2, 0) is 4.79 Å². The normalized spacial score (nSPS) is 11.4. The lowest BCUT2D eigenvalue weighted by atomic mass is 10.1. The summed E-state index contributed by atoms with van der Waals surface area (Å²) in [5.41, 5.74) is -0.532. The minimum Gasteiger partial charge on any atom is -0.394 e. The fraction of sp³-hybridized carbons (Fsp3) is 0.500. The molecule has 3 nitrogen and oxygen atoms in total. The van der Waals surface area contributed by atoms with E-state index in [4.69, 9.17) is 5.11 Å². The molecule has 0 radical (unpaired) electrons. The van der Waals surface area contributed by atoms with Gasteiger partial charge >= 0.3 is 0 Å². The Kier molecular flexibility index (Phi) is 6.89. The Morgan fingerprint density at radius 3 is 2.58 bits per heavy atom. The molecule has 0 heterocycles. The average molecular weight is 346 g/mol. The molecular formula is C14H20BrNO2S. The average Bonchev–Trinajstić information content (AvgIpc) is 2.36. The Bertz CT molecular complexity index is 406. The number of carbonyl (C=O) groups is 1. The fourth-order valence-corrected chi connectivity index (χ4v) is 2.55. The molecule has 5 heteroatoms. The van der Waals surface area contributed by atoms with Crippen molar-refractivity contribution in [2.24, 2.45) is 0 Å². The zero-order valence-corrected chi connectivity index (χ0v) is 13.7. The van der Waals surface area contributed by atoms with Crippen LogP contribution in [0, 0.1) is 0 Å². The monoisotopic (exact) mass is 345 g/mol. The van der Waals surface area contributed by atoms with E-state index in [0.717, 1.165) is 16.6 Å². The first-order valence-electron chi connectivity index (χ1n) is 6.23. The highest BCUT2D eigenvalue weighted by Gasteiger charge is 2.18. The van der Waals surface area contributed by atoms with E-state index in [1.807, 2.05) is 26.0 Å². The molecule has 0 aliphatic carbocycles. The molecule has 1 rings (SSSR count). The lowest BCUT2D eigenvalue weighted by Gasteiger charge is -2.23. The minimum atomic E-state index is -0.532. The van der Waals surface area contributed by atoms with Crippen LogP contribution in [-0.4, -0.2) is 28.9 Å². The van der Waals surface area contributed by atoms with Crippen molar-refractivity contribution < 1.29 is 9.90 Å². The first-order valence-corrected chi connectivity index (χ1v) is 8.01. The maximum absolute atomic E-state index is 11.6. The molecule has 0 bridgehead atoms. The van der Waals surface area contributed by atoms with Crippen molar-refractivity contribution in [2.75, 3.05) is 12.4 Å². The van der Waals surface area contributed by atoms with Crippen LogP contribution < -0.4 is 5.32 Å². The molecule has 0 aliphatic rings. The molecule has 0 spiro atoms. The Morgan fingerprint density at radius 2 is 2.00 bits per heavy atom. The Labute approximate surface area is 127 Å². The van der Waals surface area contributed by atoms with Crippen molar-refractivity contribution in [3.8, 4) is 0 Å². The minimum absolute atomic E-state index is 0.00421. The quantitative estimate of drug-likeness (QED) is 0.589. The number of rotatable bonds is 7. The molecular weight excluding hydrogens is 326 g/mol. The number of aliphatic hydroxyl groups is 1. The van der Waals surface area contributed by atoms with Crippen molar-refractivity contribution >= 4 is 33.6 Å². The third kappa shape index (κ3) is 6.99. The van der Waals surface area contributed by atoms with Crippen LogP contribution in [0.1, 0.15) is 26.7 Å². The number of aliphatic hydroxyl groups excluding tert-OH is 1. The smallest absolute Gasteiger partial charge is 0.220 e. The predicted molar refractivity (Wildman–Crippen MR) is 83.4 cm³/mol. The van der Waals surface area contributed by atoms with Gasteiger partial charge in [0.15, 0.2) is 0 Å². The first-order chi connectivity index (χ1) is 8.93. The topological polar surface area (TPSA) is 49.3 Å². The van der Waals surface area contributed by atoms with Crippen LogP contribution in [0.15, 0.2) is 33.6 Å². The van der Waals surface area contributed by atoms with Gasteiger partial charge in [0.2, 0.25) is 5.91 Å². The van der Waals surface area contributed by atoms with Gasteiger partial charge < -0.3 is 10.4 Å². The van der Waals surface area contributed by atoms with Crippen LogP contribution >= 0.6 is 27.7 Å². The SMILES string of the molecule is CC(C)(CO)NC(=O)CCCSc1ccc(Br)cc1. The summed E-state index contributed by atoms with van der Waals surface area (Å²) < 4.78 is 1.07. The predicted octanol–water partition coefficient (Wildman–Crippen LogP) is 3.21. The third-order valence-corrected chi connectivity index (χ3v) is 4.13. The summed E-state index contributed by atoms with van der Waals surface area (Å²) in [6.45, 7) is 3.56. The van der Waals surface area contributed by atoms with E-state index in [9.17, 15) is 4.79 Å². The summed E-state index contributed by atoms with van der Waals surface area (Å²) in [4.78, 5) is 12.8. The van der Waals surface area contributed by atoms with Crippen LogP contribution in [0.4, 0.5) is 0 Å². The number of nitrogens with one attached hydrogen (secondary N) is 1. The van der Waals surface area contributed by atoms with Crippen molar-refractivity contribution in [2.45, 2.75) is 37.1 Å². The number of hydrogen-bond acceptors (Lipinski definition) is 3. The van der Waals surface area contributed by atoms with Gasteiger partial charge in [-0.1, -0.05) is 15.9 Å². The van der Waals surface area contributed by atoms with Crippen LogP contribution in [0.3, 0.4) is 0 Å². The Hall–Kier alpha value is -0.520. The molecule has 2 N–H and O–H groups in total. The molecule has 0 saturated carbocycles. The number of halogens is 1. The molecule has 0 saturated heterocycles. The molecule has 1 aromatic carbocycles. The van der Waals surface area contributed by atoms with E-state index in [-0.39, 0.29) is 12.5 Å². The van der Waals surface area contributed by atoms with Gasteiger partial charge in [0.25, 0.3) is 0 Å². The summed E-state index contributed by atoms with van der Waals surface area (Å²) in [7, 11) is 0. The van der Waals surface area contributed by atoms with Gasteiger partial charge in [-0.05, 0) is 50.3 Å². The summed E-state index contributed by atoms with van der Waals surface area (Å²) in [6, 6.07) is 8.14. The number of thioether (sulfide) groups is 1. The second kappa shape index (κ2) is 7.92. The van der Waals surface area contributed by atoms with Crippen molar-refractivity contribution in [3.63, 3.8) is 0 Å². The van der Waals surface area contributed by atoms with E-state index in [2.05, 4.69) is 33.4 Å². The summed E-state index contributed by atoms with van der Waals surface area (Å²) in [6.07, 6.45) is 1.32. The van der Waals surface area contributed by atoms with E-state index in [0.29, 0.717) is 6.42 Å². The largest absolute Gasteiger partial charge is 0.394 e. The fourth-order valence-electron chi connectivity index (χ4n) is 1.43. The highest BCUT2D eigenvalue weighted by molar-refractivity contribution is 9.10. The second-order valence-electron chi connectivity index (χ2n) is 5.00. The maximum Gasteiger partial charge on any atom is 0.220 e. The molecule has 1 amide bonds. The van der Waals surface area contributed by atoms with Gasteiger partial charge in [0.05, 0.1) is 12.1 Å². The first kappa shape index (κ1) is 16.5. The van der Waals surface area contributed by atoms with E-state index >= 15 is 0 Å². The summed E-state index contributed by atoms with van der Waals surface area (Å²) >= 11 is 5.14. The van der Waals surface area contributed by atoms with E-state index < -0.39 is 5.54 Å². The van der Waals surface area contributed by atoms with Gasteiger partial charge in [0, 0.05) is 15.8 Å². The van der Waals surface area contributed by atoms with Gasteiger partial charge in [-0.25, -0.2) is 0 Å². The van der Waals surface area contributed by atoms with Crippen LogP contribution in [0.25, 0.3) is 0 Å². The van der Waals surface area contributed by atoms with Gasteiger partial charge in [0.1, 0.15) is 0 Å². The summed E-state index contributed by atoms with van der Waals surface area (Å²) in [5.74, 6) is 0.907. The number of hydrogen-bond donors (Lipinski definition) is 2. The van der Waals surface area contributed by atoms with E-state index in [1.165, 1.54) is 4.90 Å². The van der Waals surface area contributed by atoms with Crippen molar-refractivity contribution in [1.29, 1.82) is 0 Å². The van der Waals surface area contributed by atoms with Gasteiger partial charge in [-0.3, -0.25) is 4.79 Å². The Balaban J connectivity index is 2.20. The van der Waals surface area contributed by atoms with Crippen LogP contribution in [0.2, 0.25) is 0 Å². The van der Waals surface area contributed by atoms with Crippen LogP contribution in [0.5, 0.6) is 0 Å². The van der Waals surface area contributed by atoms with Gasteiger partial charge in [-0.15, -0.1) is 11.8 Å². The van der Waals surface area contributed by atoms with E-state index in [1.54, 1.807) is 11.8 Å². The molecule has 0 fully saturated rings.